The van der Waals surface area contributed by atoms with Crippen molar-refractivity contribution >= 4 is 23.6 Å². The van der Waals surface area contributed by atoms with Crippen molar-refractivity contribution < 1.29 is 9.47 Å². The fourth-order valence-corrected chi connectivity index (χ4v) is 4.89. The van der Waals surface area contributed by atoms with E-state index in [0.29, 0.717) is 23.0 Å². The van der Waals surface area contributed by atoms with Gasteiger partial charge < -0.3 is 25.0 Å². The van der Waals surface area contributed by atoms with E-state index in [-0.39, 0.29) is 6.10 Å². The van der Waals surface area contributed by atoms with Crippen LogP contribution in [-0.4, -0.2) is 68.4 Å². The van der Waals surface area contributed by atoms with Crippen LogP contribution in [0, 0.1) is 11.3 Å². The molecule has 3 aromatic rings. The number of aromatic nitrogens is 2. The molecule has 1 aliphatic rings. The number of rotatable bonds is 12. The van der Waals surface area contributed by atoms with Gasteiger partial charge in [0, 0.05) is 30.1 Å². The summed E-state index contributed by atoms with van der Waals surface area (Å²) < 4.78 is 15.1. The van der Waals surface area contributed by atoms with Crippen molar-refractivity contribution in [2.45, 2.75) is 30.3 Å². The van der Waals surface area contributed by atoms with Crippen LogP contribution in [0.15, 0.2) is 53.6 Å². The Kier molecular flexibility index (Phi) is 10.2. The highest BCUT2D eigenvalue weighted by molar-refractivity contribution is 7.97. The van der Waals surface area contributed by atoms with Gasteiger partial charge in [-0.3, -0.25) is 4.72 Å². The molecule has 0 radical (unpaired) electrons. The van der Waals surface area contributed by atoms with Crippen LogP contribution in [0.2, 0.25) is 0 Å². The minimum absolute atomic E-state index is 0.129. The molecule has 3 N–H and O–H groups in total. The minimum Gasteiger partial charge on any atom is -0.495 e. The quantitative estimate of drug-likeness (QED) is 0.228. The van der Waals surface area contributed by atoms with Crippen molar-refractivity contribution in [3.8, 4) is 28.8 Å². The zero-order valence-corrected chi connectivity index (χ0v) is 23.0. The Morgan fingerprint density at radius 3 is 2.74 bits per heavy atom. The first-order valence-corrected chi connectivity index (χ1v) is 13.6. The third kappa shape index (κ3) is 7.82. The largest absolute Gasteiger partial charge is 0.495 e. The SMILES string of the molecule is COc1cc(Nc2nccc(-c3ccc(OC4CCNCC4)c(C#N)c3)n2)ccc1SNCCCN(C)C. The molecule has 0 bridgehead atoms. The second-order valence-corrected chi connectivity index (χ2v) is 10.2. The lowest BCUT2D eigenvalue weighted by Gasteiger charge is -2.24. The Labute approximate surface area is 229 Å². The second kappa shape index (κ2) is 14.0. The topological polar surface area (TPSA) is 107 Å². The molecule has 0 unspecified atom stereocenters. The number of hydrogen-bond acceptors (Lipinski definition) is 10. The molecule has 4 rings (SSSR count). The number of piperidine rings is 1. The van der Waals surface area contributed by atoms with Gasteiger partial charge in [0.2, 0.25) is 5.95 Å². The van der Waals surface area contributed by atoms with E-state index in [4.69, 9.17) is 9.47 Å². The summed E-state index contributed by atoms with van der Waals surface area (Å²) in [6, 6.07) is 15.6. The molecule has 1 saturated heterocycles. The number of nitriles is 1. The maximum Gasteiger partial charge on any atom is 0.227 e. The molecule has 0 aliphatic carbocycles. The molecule has 9 nitrogen and oxygen atoms in total. The zero-order valence-electron chi connectivity index (χ0n) is 22.2. The van der Waals surface area contributed by atoms with Gasteiger partial charge in [0.1, 0.15) is 23.7 Å². The summed E-state index contributed by atoms with van der Waals surface area (Å²) in [5.74, 6) is 1.84. The van der Waals surface area contributed by atoms with Gasteiger partial charge in [-0.15, -0.1) is 0 Å². The van der Waals surface area contributed by atoms with E-state index >= 15 is 0 Å². The smallest absolute Gasteiger partial charge is 0.227 e. The van der Waals surface area contributed by atoms with Crippen molar-refractivity contribution in [1.29, 1.82) is 5.26 Å². The molecule has 0 atom stereocenters. The van der Waals surface area contributed by atoms with Crippen LogP contribution in [0.25, 0.3) is 11.3 Å². The molecule has 0 spiro atoms. The monoisotopic (exact) mass is 533 g/mol. The third-order valence-corrected chi connectivity index (χ3v) is 7.02. The number of nitrogens with zero attached hydrogens (tertiary/aromatic N) is 4. The normalized spacial score (nSPS) is 13.8. The van der Waals surface area contributed by atoms with Gasteiger partial charge in [-0.05, 0) is 101 Å². The molecule has 10 heteroatoms. The Balaban J connectivity index is 1.42. The summed E-state index contributed by atoms with van der Waals surface area (Å²) >= 11 is 1.56. The first-order valence-electron chi connectivity index (χ1n) is 12.8. The van der Waals surface area contributed by atoms with E-state index < -0.39 is 0 Å². The molecular weight excluding hydrogens is 498 g/mol. The van der Waals surface area contributed by atoms with Crippen LogP contribution in [0.3, 0.4) is 0 Å². The number of benzene rings is 2. The highest BCUT2D eigenvalue weighted by atomic mass is 32.2. The Bertz CT molecular complexity index is 1240. The number of anilines is 2. The zero-order chi connectivity index (χ0) is 26.7. The molecule has 2 aromatic carbocycles. The molecule has 1 fully saturated rings. The Hall–Kier alpha value is -3.36. The molecule has 2 heterocycles. The lowest BCUT2D eigenvalue weighted by molar-refractivity contribution is 0.162. The second-order valence-electron chi connectivity index (χ2n) is 9.30. The summed E-state index contributed by atoms with van der Waals surface area (Å²) in [5, 5.41) is 16.3. The molecule has 1 aliphatic heterocycles. The van der Waals surface area contributed by atoms with E-state index in [1.807, 2.05) is 42.5 Å². The van der Waals surface area contributed by atoms with E-state index in [0.717, 1.165) is 67.3 Å². The maximum atomic E-state index is 9.74. The molecule has 0 saturated carbocycles. The predicted octanol–water partition coefficient (Wildman–Crippen LogP) is 4.45. The van der Waals surface area contributed by atoms with Gasteiger partial charge in [-0.1, -0.05) is 0 Å². The number of methoxy groups -OCH3 is 1. The van der Waals surface area contributed by atoms with E-state index in [1.165, 1.54) is 0 Å². The predicted molar refractivity (Wildman–Crippen MR) is 152 cm³/mol. The van der Waals surface area contributed by atoms with Crippen molar-refractivity contribution in [2.24, 2.45) is 0 Å². The van der Waals surface area contributed by atoms with Crippen LogP contribution < -0.4 is 24.8 Å². The summed E-state index contributed by atoms with van der Waals surface area (Å²) in [7, 11) is 5.82. The van der Waals surface area contributed by atoms with E-state index in [2.05, 4.69) is 50.4 Å². The first-order chi connectivity index (χ1) is 18.6. The van der Waals surface area contributed by atoms with Crippen molar-refractivity contribution in [1.82, 2.24) is 24.9 Å². The fourth-order valence-electron chi connectivity index (χ4n) is 4.11. The highest BCUT2D eigenvalue weighted by Crippen LogP contribution is 2.32. The average Bonchev–Trinajstić information content (AvgIpc) is 2.94. The lowest BCUT2D eigenvalue weighted by atomic mass is 10.1. The Morgan fingerprint density at radius 2 is 1.97 bits per heavy atom. The van der Waals surface area contributed by atoms with Gasteiger partial charge in [0.15, 0.2) is 0 Å². The van der Waals surface area contributed by atoms with E-state index in [1.54, 1.807) is 25.3 Å². The van der Waals surface area contributed by atoms with Crippen LogP contribution >= 0.6 is 11.9 Å². The van der Waals surface area contributed by atoms with Gasteiger partial charge >= 0.3 is 0 Å². The molecular formula is C28H35N7O2S. The molecule has 0 amide bonds. The average molecular weight is 534 g/mol. The van der Waals surface area contributed by atoms with E-state index in [9.17, 15) is 5.26 Å². The van der Waals surface area contributed by atoms with Crippen LogP contribution in [-0.2, 0) is 0 Å². The van der Waals surface area contributed by atoms with Gasteiger partial charge in [0.25, 0.3) is 0 Å². The molecule has 38 heavy (non-hydrogen) atoms. The molecule has 200 valence electrons. The van der Waals surface area contributed by atoms with Crippen molar-refractivity contribution in [2.75, 3.05) is 52.7 Å². The number of nitrogens with one attached hydrogen (secondary N) is 3. The van der Waals surface area contributed by atoms with Gasteiger partial charge in [0.05, 0.1) is 23.3 Å². The number of ether oxygens (including phenoxy) is 2. The minimum atomic E-state index is 0.129. The summed E-state index contributed by atoms with van der Waals surface area (Å²) in [5.41, 5.74) is 2.87. The van der Waals surface area contributed by atoms with Crippen LogP contribution in [0.4, 0.5) is 11.6 Å². The van der Waals surface area contributed by atoms with Crippen molar-refractivity contribution in [3.05, 3.63) is 54.2 Å². The lowest BCUT2D eigenvalue weighted by Crippen LogP contribution is -2.34. The van der Waals surface area contributed by atoms with Gasteiger partial charge in [-0.25, -0.2) is 9.97 Å². The first kappa shape index (κ1) is 27.7. The number of hydrogen-bond donors (Lipinski definition) is 3. The van der Waals surface area contributed by atoms with Gasteiger partial charge in [-0.2, -0.15) is 5.26 Å². The standard InChI is InChI=1S/C28H35N7O2S/c1-35(2)16-4-12-32-38-27-8-6-22(18-26(27)36-3)33-28-31-15-11-24(34-28)20-5-7-25(21(17-20)19-29)37-23-9-13-30-14-10-23/h5-8,11,15,17-18,23,30,32H,4,9-10,12-14,16H2,1-3H3,(H,31,33,34). The summed E-state index contributed by atoms with van der Waals surface area (Å²) in [4.78, 5) is 12.2. The van der Waals surface area contributed by atoms with Crippen molar-refractivity contribution in [3.63, 3.8) is 0 Å². The summed E-state index contributed by atoms with van der Waals surface area (Å²) in [6.07, 6.45) is 4.77. The van der Waals surface area contributed by atoms with Crippen LogP contribution in [0.1, 0.15) is 24.8 Å². The third-order valence-electron chi connectivity index (χ3n) is 6.12. The fraction of sp³-hybridized carbons (Fsp3) is 0.393. The van der Waals surface area contributed by atoms with Crippen LogP contribution in [0.5, 0.6) is 11.5 Å². The maximum absolute atomic E-state index is 9.74. The Morgan fingerprint density at radius 1 is 1.13 bits per heavy atom. The molecule has 1 aromatic heterocycles. The summed E-state index contributed by atoms with van der Waals surface area (Å²) in [6.45, 7) is 3.82. The highest BCUT2D eigenvalue weighted by Gasteiger charge is 2.17.